The van der Waals surface area contributed by atoms with Crippen molar-refractivity contribution >= 4 is 5.91 Å². The quantitative estimate of drug-likeness (QED) is 0.709. The number of carbonyl (C=O) groups is 1. The molecule has 0 aromatic carbocycles. The van der Waals surface area contributed by atoms with Crippen LogP contribution in [0.4, 0.5) is 0 Å². The maximum Gasteiger partial charge on any atom is 0.222 e. The smallest absolute Gasteiger partial charge is 0.222 e. The second-order valence-electron chi connectivity index (χ2n) is 4.69. The van der Waals surface area contributed by atoms with E-state index in [0.717, 1.165) is 37.4 Å². The van der Waals surface area contributed by atoms with Gasteiger partial charge in [0.1, 0.15) is 0 Å². The third-order valence-corrected chi connectivity index (χ3v) is 3.54. The predicted molar refractivity (Wildman–Crippen MR) is 78.1 cm³/mol. The van der Waals surface area contributed by atoms with Crippen LogP contribution in [0.25, 0.3) is 0 Å². The number of hydrogen-bond acceptors (Lipinski definition) is 2. The molecule has 0 saturated carbocycles. The monoisotopic (exact) mass is 263 g/mol. The van der Waals surface area contributed by atoms with Gasteiger partial charge in [0, 0.05) is 25.2 Å². The maximum absolute atomic E-state index is 12.0. The molecule has 0 radical (unpaired) electrons. The molecule has 19 heavy (non-hydrogen) atoms. The van der Waals surface area contributed by atoms with Crippen molar-refractivity contribution < 1.29 is 4.79 Å². The average molecular weight is 263 g/mol. The van der Waals surface area contributed by atoms with Crippen LogP contribution in [-0.4, -0.2) is 33.7 Å². The molecule has 1 heterocycles. The van der Waals surface area contributed by atoms with Crippen LogP contribution in [-0.2, 0) is 17.8 Å². The van der Waals surface area contributed by atoms with Crippen molar-refractivity contribution in [3.63, 3.8) is 0 Å². The number of hydrogen-bond donors (Lipinski definition) is 0. The molecule has 0 atom stereocenters. The molecule has 1 aromatic heterocycles. The summed E-state index contributed by atoms with van der Waals surface area (Å²) in [6.45, 7) is 14.1. The summed E-state index contributed by atoms with van der Waals surface area (Å²) in [4.78, 5) is 13.9. The van der Waals surface area contributed by atoms with Crippen LogP contribution in [0.2, 0.25) is 0 Å². The van der Waals surface area contributed by atoms with Crippen molar-refractivity contribution in [3.05, 3.63) is 29.6 Å². The van der Waals surface area contributed by atoms with Crippen LogP contribution in [0.15, 0.2) is 12.7 Å². The first-order chi connectivity index (χ1) is 9.04. The highest BCUT2D eigenvalue weighted by Crippen LogP contribution is 2.15. The van der Waals surface area contributed by atoms with Crippen LogP contribution in [0.3, 0.4) is 0 Å². The summed E-state index contributed by atoms with van der Waals surface area (Å²) >= 11 is 0. The van der Waals surface area contributed by atoms with Gasteiger partial charge in [-0.25, -0.2) is 0 Å². The van der Waals surface area contributed by atoms with Crippen molar-refractivity contribution in [2.24, 2.45) is 0 Å². The van der Waals surface area contributed by atoms with Gasteiger partial charge in [0.15, 0.2) is 0 Å². The van der Waals surface area contributed by atoms with E-state index in [1.165, 1.54) is 5.56 Å². The van der Waals surface area contributed by atoms with Gasteiger partial charge in [0.25, 0.3) is 0 Å². The number of carbonyl (C=O) groups excluding carboxylic acids is 1. The fourth-order valence-corrected chi connectivity index (χ4v) is 2.36. The minimum Gasteiger partial charge on any atom is -0.343 e. The highest BCUT2D eigenvalue weighted by molar-refractivity contribution is 5.76. The van der Waals surface area contributed by atoms with Crippen molar-refractivity contribution in [2.75, 3.05) is 13.1 Å². The van der Waals surface area contributed by atoms with Crippen molar-refractivity contribution in [2.45, 2.75) is 47.1 Å². The summed E-state index contributed by atoms with van der Waals surface area (Å²) in [5.74, 6) is 0.222. The number of allylic oxidation sites excluding steroid dienone is 1. The molecule has 0 saturated heterocycles. The van der Waals surface area contributed by atoms with E-state index in [0.29, 0.717) is 6.42 Å². The highest BCUT2D eigenvalue weighted by Gasteiger charge is 2.14. The second kappa shape index (κ2) is 7.12. The Balaban J connectivity index is 2.72. The fraction of sp³-hybridized carbons (Fsp3) is 0.600. The van der Waals surface area contributed by atoms with E-state index in [4.69, 9.17) is 0 Å². The van der Waals surface area contributed by atoms with Crippen LogP contribution in [0.1, 0.15) is 37.2 Å². The Hall–Kier alpha value is -1.58. The molecule has 0 aliphatic rings. The Morgan fingerprint density at radius 1 is 1.37 bits per heavy atom. The lowest BCUT2D eigenvalue weighted by molar-refractivity contribution is -0.130. The van der Waals surface area contributed by atoms with Gasteiger partial charge in [-0.05, 0) is 39.7 Å². The van der Waals surface area contributed by atoms with Crippen molar-refractivity contribution in [1.82, 2.24) is 14.7 Å². The van der Waals surface area contributed by atoms with E-state index < -0.39 is 0 Å². The van der Waals surface area contributed by atoms with Gasteiger partial charge in [0.2, 0.25) is 5.91 Å². The molecule has 0 spiro atoms. The number of aryl methyl sites for hydroxylation is 1. The SMILES string of the molecule is C=CCn1nc(C)c(CCC(=O)N(CC)CC)c1C. The summed E-state index contributed by atoms with van der Waals surface area (Å²) in [5, 5.41) is 4.48. The molecule has 106 valence electrons. The number of aromatic nitrogens is 2. The van der Waals surface area contributed by atoms with Crippen LogP contribution in [0, 0.1) is 13.8 Å². The molecule has 0 bridgehead atoms. The lowest BCUT2D eigenvalue weighted by Gasteiger charge is -2.18. The summed E-state index contributed by atoms with van der Waals surface area (Å²) in [7, 11) is 0. The summed E-state index contributed by atoms with van der Waals surface area (Å²) in [6.07, 6.45) is 3.16. The Bertz CT molecular complexity index is 444. The van der Waals surface area contributed by atoms with Gasteiger partial charge in [-0.15, -0.1) is 6.58 Å². The molecule has 4 nitrogen and oxygen atoms in total. The standard InChI is InChI=1S/C15H25N3O/c1-6-11-18-13(5)14(12(4)16-18)9-10-15(19)17(7-2)8-3/h6H,1,7-11H2,2-5H3. The van der Waals surface area contributed by atoms with Gasteiger partial charge >= 0.3 is 0 Å². The zero-order valence-electron chi connectivity index (χ0n) is 12.6. The highest BCUT2D eigenvalue weighted by atomic mass is 16.2. The Morgan fingerprint density at radius 2 is 2.00 bits per heavy atom. The summed E-state index contributed by atoms with van der Waals surface area (Å²) in [5.41, 5.74) is 3.36. The molecule has 1 amide bonds. The minimum atomic E-state index is 0.222. The van der Waals surface area contributed by atoms with Crippen molar-refractivity contribution in [3.8, 4) is 0 Å². The molecular formula is C15H25N3O. The first-order valence-corrected chi connectivity index (χ1v) is 6.96. The normalized spacial score (nSPS) is 10.5. The largest absolute Gasteiger partial charge is 0.343 e. The van der Waals surface area contributed by atoms with E-state index in [-0.39, 0.29) is 5.91 Å². The first kappa shape index (κ1) is 15.5. The van der Waals surface area contributed by atoms with Crippen LogP contribution < -0.4 is 0 Å². The summed E-state index contributed by atoms with van der Waals surface area (Å²) in [6, 6.07) is 0. The van der Waals surface area contributed by atoms with Gasteiger partial charge in [0.05, 0.1) is 12.2 Å². The molecule has 1 rings (SSSR count). The number of rotatable bonds is 7. The molecule has 1 aromatic rings. The molecule has 4 heteroatoms. The van der Waals surface area contributed by atoms with Gasteiger partial charge in [-0.1, -0.05) is 6.08 Å². The number of nitrogens with zero attached hydrogens (tertiary/aromatic N) is 3. The zero-order valence-corrected chi connectivity index (χ0v) is 12.6. The topological polar surface area (TPSA) is 38.1 Å². The Labute approximate surface area is 116 Å². The molecular weight excluding hydrogens is 238 g/mol. The second-order valence-corrected chi connectivity index (χ2v) is 4.69. The average Bonchev–Trinajstić information content (AvgIpc) is 2.64. The zero-order chi connectivity index (χ0) is 14.4. The molecule has 0 N–H and O–H groups in total. The van der Waals surface area contributed by atoms with E-state index in [2.05, 4.69) is 18.6 Å². The summed E-state index contributed by atoms with van der Waals surface area (Å²) < 4.78 is 1.94. The Kier molecular flexibility index (Phi) is 5.80. The predicted octanol–water partition coefficient (Wildman–Crippen LogP) is 2.49. The van der Waals surface area contributed by atoms with Gasteiger partial charge < -0.3 is 4.90 Å². The van der Waals surface area contributed by atoms with Crippen LogP contribution in [0.5, 0.6) is 0 Å². The minimum absolute atomic E-state index is 0.222. The third-order valence-electron chi connectivity index (χ3n) is 3.54. The van der Waals surface area contributed by atoms with Gasteiger partial charge in [-0.3, -0.25) is 9.48 Å². The lowest BCUT2D eigenvalue weighted by atomic mass is 10.1. The number of amides is 1. The first-order valence-electron chi connectivity index (χ1n) is 6.96. The maximum atomic E-state index is 12.0. The third kappa shape index (κ3) is 3.69. The van der Waals surface area contributed by atoms with E-state index in [1.54, 1.807) is 0 Å². The molecule has 0 fully saturated rings. The Morgan fingerprint density at radius 3 is 2.53 bits per heavy atom. The molecule has 0 unspecified atom stereocenters. The molecule has 0 aliphatic carbocycles. The van der Waals surface area contributed by atoms with E-state index in [1.807, 2.05) is 36.4 Å². The van der Waals surface area contributed by atoms with Gasteiger partial charge in [-0.2, -0.15) is 5.10 Å². The fourth-order valence-electron chi connectivity index (χ4n) is 2.36. The van der Waals surface area contributed by atoms with E-state index in [9.17, 15) is 4.79 Å². The van der Waals surface area contributed by atoms with E-state index >= 15 is 0 Å². The molecule has 0 aliphatic heterocycles. The van der Waals surface area contributed by atoms with Crippen LogP contribution >= 0.6 is 0 Å². The van der Waals surface area contributed by atoms with Crippen molar-refractivity contribution in [1.29, 1.82) is 0 Å². The lowest BCUT2D eigenvalue weighted by Crippen LogP contribution is -2.30.